The molecule has 1 aromatic carbocycles. The van der Waals surface area contributed by atoms with Crippen molar-refractivity contribution in [1.82, 2.24) is 9.78 Å². The normalized spacial score (nSPS) is 21.0. The maximum Gasteiger partial charge on any atom is 0.270 e. The maximum absolute atomic E-state index is 12.7. The van der Waals surface area contributed by atoms with E-state index in [0.717, 1.165) is 23.3 Å². The summed E-state index contributed by atoms with van der Waals surface area (Å²) in [5, 5.41) is 5.87. The van der Waals surface area contributed by atoms with Gasteiger partial charge in [-0.15, -0.1) is 11.8 Å². The highest BCUT2D eigenvalue weighted by molar-refractivity contribution is 7.98. The van der Waals surface area contributed by atoms with Crippen molar-refractivity contribution in [2.24, 2.45) is 0 Å². The van der Waals surface area contributed by atoms with Gasteiger partial charge in [0, 0.05) is 30.4 Å². The molecule has 2 aliphatic heterocycles. The van der Waals surface area contributed by atoms with E-state index in [1.165, 1.54) is 0 Å². The predicted octanol–water partition coefficient (Wildman–Crippen LogP) is 2.72. The fraction of sp³-hybridized carbons (Fsp3) is 0.444. The largest absolute Gasteiger partial charge is 0.381 e. The van der Waals surface area contributed by atoms with Crippen LogP contribution in [0.4, 0.5) is 5.82 Å². The van der Waals surface area contributed by atoms with Gasteiger partial charge in [-0.2, -0.15) is 0 Å². The van der Waals surface area contributed by atoms with Crippen molar-refractivity contribution < 1.29 is 9.53 Å². The summed E-state index contributed by atoms with van der Waals surface area (Å²) in [6.45, 7) is 1.35. The molecule has 0 aliphatic carbocycles. The third-order valence-corrected chi connectivity index (χ3v) is 5.78. The lowest BCUT2D eigenvalue weighted by molar-refractivity contribution is -0.116. The van der Waals surface area contributed by atoms with Crippen molar-refractivity contribution in [1.29, 1.82) is 0 Å². The van der Waals surface area contributed by atoms with Gasteiger partial charge in [0.1, 0.15) is 5.82 Å². The van der Waals surface area contributed by atoms with Crippen molar-refractivity contribution in [3.05, 3.63) is 45.7 Å². The molecule has 0 spiro atoms. The Morgan fingerprint density at radius 1 is 1.16 bits per heavy atom. The summed E-state index contributed by atoms with van der Waals surface area (Å²) in [4.78, 5) is 26.2. The van der Waals surface area contributed by atoms with Crippen LogP contribution in [0, 0.1) is 0 Å². The number of fused-ring (bicyclic) bond motifs is 1. The molecular weight excluding hydrogens is 338 g/mol. The first-order valence-electron chi connectivity index (χ1n) is 8.53. The molecule has 2 N–H and O–H groups in total. The third kappa shape index (κ3) is 3.02. The van der Waals surface area contributed by atoms with Crippen LogP contribution in [-0.4, -0.2) is 35.2 Å². The van der Waals surface area contributed by atoms with E-state index in [2.05, 4.69) is 10.4 Å². The zero-order valence-corrected chi connectivity index (χ0v) is 14.9. The van der Waals surface area contributed by atoms with Gasteiger partial charge in [0.2, 0.25) is 5.91 Å². The van der Waals surface area contributed by atoms with Gasteiger partial charge in [0.15, 0.2) is 0 Å². The number of benzene rings is 1. The fourth-order valence-electron chi connectivity index (χ4n) is 3.72. The Labute approximate surface area is 149 Å². The molecule has 1 saturated heterocycles. The van der Waals surface area contributed by atoms with E-state index < -0.39 is 0 Å². The zero-order chi connectivity index (χ0) is 17.4. The van der Waals surface area contributed by atoms with Crippen LogP contribution in [0.1, 0.15) is 42.3 Å². The molecule has 0 saturated carbocycles. The van der Waals surface area contributed by atoms with Crippen LogP contribution in [0.25, 0.3) is 0 Å². The van der Waals surface area contributed by atoms with Gasteiger partial charge in [-0.3, -0.25) is 19.4 Å². The number of hydrogen-bond donors (Lipinski definition) is 2. The number of aromatic nitrogens is 2. The first-order chi connectivity index (χ1) is 12.2. The van der Waals surface area contributed by atoms with Crippen molar-refractivity contribution in [2.45, 2.75) is 36.1 Å². The molecule has 1 atom stereocenters. The van der Waals surface area contributed by atoms with Gasteiger partial charge in [0.25, 0.3) is 5.56 Å². The summed E-state index contributed by atoms with van der Waals surface area (Å²) in [6, 6.07) is 8.27. The summed E-state index contributed by atoms with van der Waals surface area (Å²) in [5.41, 5.74) is 1.56. The Morgan fingerprint density at radius 2 is 1.88 bits per heavy atom. The molecule has 4 rings (SSSR count). The Morgan fingerprint density at radius 3 is 2.56 bits per heavy atom. The first-order valence-corrected chi connectivity index (χ1v) is 9.76. The average molecular weight is 359 g/mol. The number of carbonyl (C=O) groups is 1. The number of ether oxygens (including phenoxy) is 1. The number of thioether (sulfide) groups is 1. The lowest BCUT2D eigenvalue weighted by Crippen LogP contribution is -2.28. The Kier molecular flexibility index (Phi) is 4.43. The second-order valence-corrected chi connectivity index (χ2v) is 7.37. The molecule has 6 nitrogen and oxygen atoms in total. The number of nitrogens with zero attached hydrogens (tertiary/aromatic N) is 1. The Hall–Kier alpha value is -1.99. The van der Waals surface area contributed by atoms with Crippen LogP contribution in [0.15, 0.2) is 34.0 Å². The number of anilines is 1. The number of carbonyl (C=O) groups excluding carboxylic acids is 1. The zero-order valence-electron chi connectivity index (χ0n) is 14.1. The van der Waals surface area contributed by atoms with E-state index in [1.54, 1.807) is 11.8 Å². The van der Waals surface area contributed by atoms with Crippen LogP contribution >= 0.6 is 11.8 Å². The van der Waals surface area contributed by atoms with Gasteiger partial charge in [-0.25, -0.2) is 0 Å². The number of amides is 1. The van der Waals surface area contributed by atoms with Crippen molar-refractivity contribution in [2.75, 3.05) is 24.8 Å². The summed E-state index contributed by atoms with van der Waals surface area (Å²) in [7, 11) is 0. The van der Waals surface area contributed by atoms with Gasteiger partial charge >= 0.3 is 0 Å². The van der Waals surface area contributed by atoms with E-state index in [-0.39, 0.29) is 23.4 Å². The smallest absolute Gasteiger partial charge is 0.270 e. The second kappa shape index (κ2) is 6.72. The minimum atomic E-state index is -0.204. The Balaban J connectivity index is 1.76. The van der Waals surface area contributed by atoms with Gasteiger partial charge < -0.3 is 10.1 Å². The monoisotopic (exact) mass is 359 g/mol. The second-order valence-electron chi connectivity index (χ2n) is 6.49. The van der Waals surface area contributed by atoms with Crippen LogP contribution in [0.2, 0.25) is 0 Å². The summed E-state index contributed by atoms with van der Waals surface area (Å²) < 4.78 is 7.26. The van der Waals surface area contributed by atoms with Gasteiger partial charge in [-0.05, 0) is 36.8 Å². The minimum Gasteiger partial charge on any atom is -0.381 e. The molecule has 25 heavy (non-hydrogen) atoms. The SMILES string of the molecule is CSc1ccc([C@@H]2CC(=O)Nc3c2c(=O)[nH]n3C2CCOCC2)cc1. The van der Waals surface area contributed by atoms with E-state index in [9.17, 15) is 9.59 Å². The van der Waals surface area contributed by atoms with Gasteiger partial charge in [-0.1, -0.05) is 12.1 Å². The highest BCUT2D eigenvalue weighted by atomic mass is 32.2. The molecule has 7 heteroatoms. The number of nitrogens with one attached hydrogen (secondary N) is 2. The van der Waals surface area contributed by atoms with Crippen molar-refractivity contribution >= 4 is 23.5 Å². The number of hydrogen-bond acceptors (Lipinski definition) is 4. The van der Waals surface area contributed by atoms with Crippen molar-refractivity contribution in [3.63, 3.8) is 0 Å². The molecule has 0 unspecified atom stereocenters. The van der Waals surface area contributed by atoms with Crippen LogP contribution in [0.3, 0.4) is 0 Å². The molecule has 1 fully saturated rings. The standard InChI is InChI=1S/C18H21N3O3S/c1-25-13-4-2-11(3-5-13)14-10-15(22)19-17-16(14)18(23)20-21(17)12-6-8-24-9-7-12/h2-5,12,14H,6-10H2,1H3,(H,19,22)(H,20,23)/t14-/m0/s1. The first kappa shape index (κ1) is 16.5. The van der Waals surface area contributed by atoms with E-state index in [4.69, 9.17) is 4.74 Å². The van der Waals surface area contributed by atoms with E-state index in [0.29, 0.717) is 31.0 Å². The molecule has 0 bridgehead atoms. The lowest BCUT2D eigenvalue weighted by atomic mass is 9.87. The van der Waals surface area contributed by atoms with E-state index in [1.807, 2.05) is 35.2 Å². The summed E-state index contributed by atoms with van der Waals surface area (Å²) in [6.07, 6.45) is 3.99. The van der Waals surface area contributed by atoms with Crippen LogP contribution in [0.5, 0.6) is 0 Å². The van der Waals surface area contributed by atoms with Crippen molar-refractivity contribution in [3.8, 4) is 0 Å². The molecule has 132 valence electrons. The third-order valence-electron chi connectivity index (χ3n) is 5.03. The predicted molar refractivity (Wildman–Crippen MR) is 97.5 cm³/mol. The van der Waals surface area contributed by atoms with Crippen LogP contribution < -0.4 is 10.9 Å². The fourth-order valence-corrected chi connectivity index (χ4v) is 4.13. The Bertz CT molecular complexity index is 834. The van der Waals surface area contributed by atoms with E-state index >= 15 is 0 Å². The molecular formula is C18H21N3O3S. The summed E-state index contributed by atoms with van der Waals surface area (Å²) in [5.74, 6) is 0.378. The molecule has 2 aliphatic rings. The molecule has 0 radical (unpaired) electrons. The topological polar surface area (TPSA) is 76.1 Å². The average Bonchev–Trinajstić information content (AvgIpc) is 2.98. The molecule has 1 amide bonds. The quantitative estimate of drug-likeness (QED) is 0.826. The lowest BCUT2D eigenvalue weighted by Gasteiger charge is -2.28. The molecule has 1 aromatic heterocycles. The number of H-pyrrole nitrogens is 1. The number of rotatable bonds is 3. The highest BCUT2D eigenvalue weighted by Crippen LogP contribution is 2.37. The molecule has 3 heterocycles. The maximum atomic E-state index is 12.7. The summed E-state index contributed by atoms with van der Waals surface area (Å²) >= 11 is 1.67. The van der Waals surface area contributed by atoms with Crippen LogP contribution in [-0.2, 0) is 9.53 Å². The molecule has 2 aromatic rings. The minimum absolute atomic E-state index is 0.0498. The highest BCUT2D eigenvalue weighted by Gasteiger charge is 2.34. The van der Waals surface area contributed by atoms with Gasteiger partial charge in [0.05, 0.1) is 11.6 Å². The number of aromatic amines is 1.